The number of carbonyl (C=O) groups is 4. The Balaban J connectivity index is 1.19. The summed E-state index contributed by atoms with van der Waals surface area (Å²) in [5.41, 5.74) is -0.283. The number of hydrogen-bond acceptors (Lipinski definition) is 4. The van der Waals surface area contributed by atoms with Crippen molar-refractivity contribution in [3.05, 3.63) is 35.9 Å². The zero-order valence-electron chi connectivity index (χ0n) is 18.5. The van der Waals surface area contributed by atoms with Crippen LogP contribution in [0.25, 0.3) is 0 Å². The maximum atomic E-state index is 13.4. The van der Waals surface area contributed by atoms with Crippen LogP contribution in [0.1, 0.15) is 49.4 Å². The topological polar surface area (TPSA) is 90.0 Å². The molecule has 1 aliphatic carbocycles. The van der Waals surface area contributed by atoms with Gasteiger partial charge in [-0.2, -0.15) is 0 Å². The van der Waals surface area contributed by atoms with Crippen LogP contribution in [-0.2, 0) is 9.59 Å². The van der Waals surface area contributed by atoms with Gasteiger partial charge in [-0.05, 0) is 50.2 Å². The van der Waals surface area contributed by atoms with Crippen LogP contribution in [0.5, 0.6) is 0 Å². The SMILES string of the molecule is CC1CC1C(=O)N1CCC(N2C(=O)NC3(CCN(C(=O)c4ccccc4)CC3)C2=O)CC1. The highest BCUT2D eigenvalue weighted by Crippen LogP contribution is 2.40. The van der Waals surface area contributed by atoms with Crippen molar-refractivity contribution in [1.29, 1.82) is 0 Å². The molecule has 4 aliphatic rings. The van der Waals surface area contributed by atoms with Crippen molar-refractivity contribution in [2.75, 3.05) is 26.2 Å². The molecule has 1 aromatic rings. The van der Waals surface area contributed by atoms with Gasteiger partial charge in [0.1, 0.15) is 5.54 Å². The average molecular weight is 439 g/mol. The van der Waals surface area contributed by atoms with Crippen LogP contribution in [0.2, 0.25) is 0 Å². The van der Waals surface area contributed by atoms with E-state index in [-0.39, 0.29) is 35.7 Å². The molecule has 1 spiro atoms. The third-order valence-electron chi connectivity index (χ3n) is 7.69. The first-order valence-corrected chi connectivity index (χ1v) is 11.7. The molecule has 3 heterocycles. The number of piperidine rings is 2. The first-order chi connectivity index (χ1) is 15.4. The van der Waals surface area contributed by atoms with E-state index in [1.54, 1.807) is 17.0 Å². The predicted molar refractivity (Wildman–Crippen MR) is 117 cm³/mol. The first kappa shape index (κ1) is 21.0. The third kappa shape index (κ3) is 3.55. The molecule has 3 aliphatic heterocycles. The van der Waals surface area contributed by atoms with E-state index in [1.165, 1.54) is 4.90 Å². The van der Waals surface area contributed by atoms with Gasteiger partial charge >= 0.3 is 6.03 Å². The van der Waals surface area contributed by atoms with Gasteiger partial charge in [0, 0.05) is 43.7 Å². The minimum Gasteiger partial charge on any atom is -0.342 e. The molecule has 8 nitrogen and oxygen atoms in total. The second kappa shape index (κ2) is 7.90. The third-order valence-corrected chi connectivity index (χ3v) is 7.69. The molecule has 0 radical (unpaired) electrons. The second-order valence-corrected chi connectivity index (χ2v) is 9.72. The first-order valence-electron chi connectivity index (χ1n) is 11.7. The molecule has 4 fully saturated rings. The highest BCUT2D eigenvalue weighted by Gasteiger charge is 2.55. The normalized spacial score (nSPS) is 27.6. The number of carbonyl (C=O) groups excluding carboxylic acids is 4. The molecule has 5 rings (SSSR count). The minimum atomic E-state index is -0.916. The van der Waals surface area contributed by atoms with Gasteiger partial charge in [-0.25, -0.2) is 4.79 Å². The molecule has 8 heteroatoms. The van der Waals surface area contributed by atoms with Gasteiger partial charge in [-0.1, -0.05) is 25.1 Å². The summed E-state index contributed by atoms with van der Waals surface area (Å²) >= 11 is 0. The number of hydrogen-bond donors (Lipinski definition) is 1. The number of nitrogens with one attached hydrogen (secondary N) is 1. The molecule has 1 N–H and O–H groups in total. The van der Waals surface area contributed by atoms with Crippen molar-refractivity contribution in [3.8, 4) is 0 Å². The zero-order valence-corrected chi connectivity index (χ0v) is 18.5. The number of rotatable bonds is 3. The van der Waals surface area contributed by atoms with Crippen molar-refractivity contribution in [2.24, 2.45) is 11.8 Å². The van der Waals surface area contributed by atoms with Gasteiger partial charge in [0.15, 0.2) is 0 Å². The number of nitrogens with zero attached hydrogens (tertiary/aromatic N) is 3. The summed E-state index contributed by atoms with van der Waals surface area (Å²) in [6.45, 7) is 4.15. The van der Waals surface area contributed by atoms with Gasteiger partial charge in [0.2, 0.25) is 5.91 Å². The molecule has 0 aromatic heterocycles. The molecule has 1 saturated carbocycles. The van der Waals surface area contributed by atoms with Crippen LogP contribution >= 0.6 is 0 Å². The minimum absolute atomic E-state index is 0.0453. The monoisotopic (exact) mass is 438 g/mol. The summed E-state index contributed by atoms with van der Waals surface area (Å²) < 4.78 is 0. The van der Waals surface area contributed by atoms with Crippen LogP contribution in [-0.4, -0.2) is 76.2 Å². The van der Waals surface area contributed by atoms with E-state index in [2.05, 4.69) is 12.2 Å². The highest BCUT2D eigenvalue weighted by molar-refractivity contribution is 6.07. The lowest BCUT2D eigenvalue weighted by Crippen LogP contribution is -2.56. The van der Waals surface area contributed by atoms with Gasteiger partial charge in [0.05, 0.1) is 0 Å². The highest BCUT2D eigenvalue weighted by atomic mass is 16.2. The maximum Gasteiger partial charge on any atom is 0.325 e. The van der Waals surface area contributed by atoms with Gasteiger partial charge in [-0.3, -0.25) is 19.3 Å². The van der Waals surface area contributed by atoms with Crippen LogP contribution in [0.3, 0.4) is 0 Å². The van der Waals surface area contributed by atoms with Crippen LogP contribution in [0.4, 0.5) is 4.79 Å². The molecular weight excluding hydrogens is 408 g/mol. The Morgan fingerprint density at radius 3 is 2.19 bits per heavy atom. The predicted octanol–water partition coefficient (Wildman–Crippen LogP) is 1.86. The van der Waals surface area contributed by atoms with E-state index in [9.17, 15) is 19.2 Å². The number of benzene rings is 1. The summed E-state index contributed by atoms with van der Waals surface area (Å²) in [5.74, 6) is 0.645. The second-order valence-electron chi connectivity index (χ2n) is 9.72. The summed E-state index contributed by atoms with van der Waals surface area (Å²) in [6.07, 6.45) is 3.06. The molecular formula is C24H30N4O4. The Hall–Kier alpha value is -2.90. The van der Waals surface area contributed by atoms with Gasteiger partial charge in [-0.15, -0.1) is 0 Å². The van der Waals surface area contributed by atoms with Crippen LogP contribution in [0, 0.1) is 11.8 Å². The molecule has 1 aromatic carbocycles. The van der Waals surface area contributed by atoms with Crippen LogP contribution in [0.15, 0.2) is 30.3 Å². The van der Waals surface area contributed by atoms with Crippen LogP contribution < -0.4 is 5.32 Å². The van der Waals surface area contributed by atoms with Crippen molar-refractivity contribution >= 4 is 23.8 Å². The Labute approximate surface area is 187 Å². The van der Waals surface area contributed by atoms with Gasteiger partial charge in [0.25, 0.3) is 11.8 Å². The van der Waals surface area contributed by atoms with Crippen molar-refractivity contribution in [3.63, 3.8) is 0 Å². The lowest BCUT2D eigenvalue weighted by atomic mass is 9.86. The molecule has 0 bridgehead atoms. The lowest BCUT2D eigenvalue weighted by molar-refractivity contribution is -0.137. The molecule has 3 saturated heterocycles. The largest absolute Gasteiger partial charge is 0.342 e. The van der Waals surface area contributed by atoms with Gasteiger partial charge < -0.3 is 15.1 Å². The summed E-state index contributed by atoms with van der Waals surface area (Å²) in [5, 5.41) is 2.95. The summed E-state index contributed by atoms with van der Waals surface area (Å²) in [4.78, 5) is 56.4. The number of urea groups is 1. The maximum absolute atomic E-state index is 13.4. The van der Waals surface area contributed by atoms with E-state index in [1.807, 2.05) is 23.1 Å². The van der Waals surface area contributed by atoms with E-state index in [0.717, 1.165) is 6.42 Å². The standard InChI is InChI=1S/C24H30N4O4/c1-16-15-19(16)21(30)26-11-7-18(8-12-26)28-22(31)24(25-23(28)32)9-13-27(14-10-24)20(29)17-5-3-2-4-6-17/h2-6,16,18-19H,7-15H2,1H3,(H,25,32). The van der Waals surface area contributed by atoms with E-state index in [0.29, 0.717) is 63.3 Å². The average Bonchev–Trinajstić information content (AvgIpc) is 3.50. The van der Waals surface area contributed by atoms with E-state index in [4.69, 9.17) is 0 Å². The summed E-state index contributed by atoms with van der Waals surface area (Å²) in [7, 11) is 0. The van der Waals surface area contributed by atoms with Crippen molar-refractivity contribution in [2.45, 2.75) is 50.6 Å². The Morgan fingerprint density at radius 1 is 0.969 bits per heavy atom. The molecule has 32 heavy (non-hydrogen) atoms. The van der Waals surface area contributed by atoms with Crippen molar-refractivity contribution in [1.82, 2.24) is 20.0 Å². The number of likely N-dealkylation sites (tertiary alicyclic amines) is 2. The van der Waals surface area contributed by atoms with Crippen molar-refractivity contribution < 1.29 is 19.2 Å². The number of amides is 5. The molecule has 5 amide bonds. The smallest absolute Gasteiger partial charge is 0.325 e. The fourth-order valence-corrected chi connectivity index (χ4v) is 5.41. The van der Waals surface area contributed by atoms with E-state index < -0.39 is 5.54 Å². The molecule has 2 unspecified atom stereocenters. The quantitative estimate of drug-likeness (QED) is 0.730. The Kier molecular flexibility index (Phi) is 5.18. The Bertz CT molecular complexity index is 933. The Morgan fingerprint density at radius 2 is 1.59 bits per heavy atom. The fourth-order valence-electron chi connectivity index (χ4n) is 5.41. The lowest BCUT2D eigenvalue weighted by Gasteiger charge is -2.39. The molecule has 170 valence electrons. The fraction of sp³-hybridized carbons (Fsp3) is 0.583. The summed E-state index contributed by atoms with van der Waals surface area (Å²) in [6, 6.07) is 8.61. The molecule has 2 atom stereocenters. The number of imide groups is 1. The zero-order chi connectivity index (χ0) is 22.5. The van der Waals surface area contributed by atoms with E-state index >= 15 is 0 Å².